The van der Waals surface area contributed by atoms with Crippen LogP contribution in [0.1, 0.15) is 46.5 Å². The zero-order valence-electron chi connectivity index (χ0n) is 19.6. The molecule has 0 aliphatic carbocycles. The molecular formula is C23H35N5O5. The largest absolute Gasteiger partial charge is 0.354 e. The Bertz CT molecular complexity index is 897. The fraction of sp³-hybridized carbons (Fsp3) is 0.609. The van der Waals surface area contributed by atoms with Crippen LogP contribution < -0.4 is 21.5 Å². The third-order valence-corrected chi connectivity index (χ3v) is 5.57. The molecule has 0 saturated carbocycles. The van der Waals surface area contributed by atoms with Crippen LogP contribution in [0.3, 0.4) is 0 Å². The Morgan fingerprint density at radius 1 is 1.06 bits per heavy atom. The molecule has 0 unspecified atom stereocenters. The Hall–Kier alpha value is -3.17. The topological polar surface area (TPSA) is 130 Å². The monoisotopic (exact) mass is 461 g/mol. The molecule has 0 bridgehead atoms. The van der Waals surface area contributed by atoms with E-state index >= 15 is 0 Å². The van der Waals surface area contributed by atoms with Gasteiger partial charge in [0.25, 0.3) is 5.56 Å². The van der Waals surface area contributed by atoms with Gasteiger partial charge in [-0.25, -0.2) is 0 Å². The van der Waals surface area contributed by atoms with Crippen LogP contribution in [0, 0.1) is 5.92 Å². The van der Waals surface area contributed by atoms with E-state index in [1.54, 1.807) is 30.2 Å². The average Bonchev–Trinajstić information content (AvgIpc) is 2.77. The van der Waals surface area contributed by atoms with Crippen LogP contribution >= 0.6 is 0 Å². The summed E-state index contributed by atoms with van der Waals surface area (Å²) in [6, 6.07) is 3.34. The van der Waals surface area contributed by atoms with Crippen LogP contribution in [0.5, 0.6) is 0 Å². The van der Waals surface area contributed by atoms with Crippen LogP contribution in [0.4, 0.5) is 0 Å². The maximum absolute atomic E-state index is 12.8. The summed E-state index contributed by atoms with van der Waals surface area (Å²) in [6.07, 6.45) is 2.95. The first kappa shape index (κ1) is 26.1. The van der Waals surface area contributed by atoms with E-state index in [1.165, 1.54) is 10.6 Å². The van der Waals surface area contributed by atoms with Gasteiger partial charge in [0.05, 0.1) is 0 Å². The summed E-state index contributed by atoms with van der Waals surface area (Å²) in [5, 5.41) is 8.19. The zero-order chi connectivity index (χ0) is 24.4. The second-order valence-electron chi connectivity index (χ2n) is 8.63. The van der Waals surface area contributed by atoms with Crippen LogP contribution in [0.25, 0.3) is 0 Å². The first-order valence-electron chi connectivity index (χ1n) is 11.5. The number of amides is 4. The van der Waals surface area contributed by atoms with E-state index in [1.807, 2.05) is 13.8 Å². The highest BCUT2D eigenvalue weighted by atomic mass is 16.2. The molecule has 182 valence electrons. The molecule has 0 spiro atoms. The molecule has 33 heavy (non-hydrogen) atoms. The second-order valence-corrected chi connectivity index (χ2v) is 8.63. The quantitative estimate of drug-likeness (QED) is 0.582. The first-order chi connectivity index (χ1) is 15.7. The Morgan fingerprint density at radius 2 is 1.79 bits per heavy atom. The summed E-state index contributed by atoms with van der Waals surface area (Å²) in [7, 11) is 0. The van der Waals surface area contributed by atoms with Crippen molar-refractivity contribution in [1.82, 2.24) is 25.4 Å². The number of carbonyl (C=O) groups excluding carboxylic acids is 4. The third-order valence-electron chi connectivity index (χ3n) is 5.57. The number of aryl methyl sites for hydroxylation is 1. The van der Waals surface area contributed by atoms with Gasteiger partial charge >= 0.3 is 0 Å². The molecule has 4 amide bonds. The molecule has 1 saturated heterocycles. The van der Waals surface area contributed by atoms with Crippen LogP contribution in [0.15, 0.2) is 29.2 Å². The third kappa shape index (κ3) is 8.36. The lowest BCUT2D eigenvalue weighted by Crippen LogP contribution is -2.54. The Morgan fingerprint density at radius 3 is 2.48 bits per heavy atom. The normalized spacial score (nSPS) is 21.5. The number of carbonyl (C=O) groups is 4. The summed E-state index contributed by atoms with van der Waals surface area (Å²) < 4.78 is 1.48. The van der Waals surface area contributed by atoms with Crippen LogP contribution in [0.2, 0.25) is 0 Å². The van der Waals surface area contributed by atoms with Gasteiger partial charge in [0.1, 0.15) is 12.1 Å². The van der Waals surface area contributed by atoms with Crippen molar-refractivity contribution in [2.24, 2.45) is 5.92 Å². The van der Waals surface area contributed by atoms with Crippen molar-refractivity contribution in [1.29, 1.82) is 0 Å². The molecule has 10 nitrogen and oxygen atoms in total. The van der Waals surface area contributed by atoms with Crippen LogP contribution in [-0.4, -0.2) is 64.8 Å². The van der Waals surface area contributed by atoms with Gasteiger partial charge in [0.2, 0.25) is 23.6 Å². The number of pyridine rings is 1. The smallest absolute Gasteiger partial charge is 0.250 e. The van der Waals surface area contributed by atoms with Gasteiger partial charge in [-0.05, 0) is 31.7 Å². The van der Waals surface area contributed by atoms with Gasteiger partial charge in [-0.2, -0.15) is 0 Å². The van der Waals surface area contributed by atoms with Gasteiger partial charge in [-0.15, -0.1) is 0 Å². The molecule has 1 fully saturated rings. The molecule has 10 heteroatoms. The fourth-order valence-corrected chi connectivity index (χ4v) is 3.60. The summed E-state index contributed by atoms with van der Waals surface area (Å²) in [5.74, 6) is -1.26. The van der Waals surface area contributed by atoms with Gasteiger partial charge < -0.3 is 25.4 Å². The van der Waals surface area contributed by atoms with Crippen molar-refractivity contribution in [3.8, 4) is 0 Å². The summed E-state index contributed by atoms with van der Waals surface area (Å²) >= 11 is 0. The Kier molecular flexibility index (Phi) is 10.1. The maximum Gasteiger partial charge on any atom is 0.250 e. The minimum absolute atomic E-state index is 0.118. The van der Waals surface area contributed by atoms with E-state index in [-0.39, 0.29) is 48.6 Å². The predicted octanol–water partition coefficient (Wildman–Crippen LogP) is 0.0126. The predicted molar refractivity (Wildman–Crippen MR) is 123 cm³/mol. The Labute approximate surface area is 194 Å². The highest BCUT2D eigenvalue weighted by molar-refractivity contribution is 5.92. The lowest BCUT2D eigenvalue weighted by molar-refractivity contribution is -0.132. The second kappa shape index (κ2) is 12.8. The number of aromatic nitrogens is 1. The highest BCUT2D eigenvalue weighted by Crippen LogP contribution is 2.06. The summed E-state index contributed by atoms with van der Waals surface area (Å²) in [6.45, 7) is 6.65. The van der Waals surface area contributed by atoms with E-state index in [4.69, 9.17) is 0 Å². The fourth-order valence-electron chi connectivity index (χ4n) is 3.60. The van der Waals surface area contributed by atoms with Gasteiger partial charge in [0.15, 0.2) is 0 Å². The molecule has 2 atom stereocenters. The first-order valence-corrected chi connectivity index (χ1v) is 11.5. The van der Waals surface area contributed by atoms with E-state index in [0.29, 0.717) is 32.5 Å². The number of rotatable bonds is 4. The number of nitrogens with zero attached hydrogens (tertiary/aromatic N) is 2. The van der Waals surface area contributed by atoms with Crippen molar-refractivity contribution in [2.45, 2.75) is 65.1 Å². The van der Waals surface area contributed by atoms with Gasteiger partial charge in [0, 0.05) is 51.3 Å². The molecular weight excluding hydrogens is 426 g/mol. The maximum atomic E-state index is 12.8. The molecule has 0 aromatic carbocycles. The van der Waals surface area contributed by atoms with Gasteiger partial charge in [-0.3, -0.25) is 24.0 Å². The molecule has 1 aliphatic rings. The highest BCUT2D eigenvalue weighted by Gasteiger charge is 2.27. The van der Waals surface area contributed by atoms with Crippen molar-refractivity contribution < 1.29 is 19.2 Å². The van der Waals surface area contributed by atoms with Gasteiger partial charge in [-0.1, -0.05) is 19.9 Å². The molecule has 1 aromatic heterocycles. The number of hydrogen-bond acceptors (Lipinski definition) is 5. The minimum Gasteiger partial charge on any atom is -0.354 e. The standard InChI is InChI=1S/C23H35N5O5/c1-16(2)21-23(33)24-11-7-14-27(13-6-8-18(29)25-17(3)22(32)26-21)20(31)10-15-28-12-5-4-9-19(28)30/h4-5,9,12,16-17,21H,6-8,10-11,13-15H2,1-3H3,(H,24,33)(H,25,29)(H,26,32)/t17-,21-/m1/s1. The average molecular weight is 462 g/mol. The van der Waals surface area contributed by atoms with Crippen molar-refractivity contribution in [2.75, 3.05) is 19.6 Å². The minimum atomic E-state index is -0.779. The summed E-state index contributed by atoms with van der Waals surface area (Å²) in [4.78, 5) is 63.7. The molecule has 1 aromatic rings. The lowest BCUT2D eigenvalue weighted by Gasteiger charge is -2.24. The SMILES string of the molecule is CC(C)[C@H]1NC(=O)[C@@H](C)NC(=O)CCCN(C(=O)CCn2ccccc2=O)CCCNC1=O. The van der Waals surface area contributed by atoms with Crippen molar-refractivity contribution >= 4 is 23.6 Å². The van der Waals surface area contributed by atoms with Crippen molar-refractivity contribution in [3.63, 3.8) is 0 Å². The number of nitrogens with one attached hydrogen (secondary N) is 3. The van der Waals surface area contributed by atoms with E-state index < -0.39 is 18.0 Å². The van der Waals surface area contributed by atoms with Crippen molar-refractivity contribution in [3.05, 3.63) is 34.7 Å². The molecule has 2 rings (SSSR count). The zero-order valence-corrected chi connectivity index (χ0v) is 19.6. The molecule has 0 radical (unpaired) electrons. The molecule has 3 N–H and O–H groups in total. The van der Waals surface area contributed by atoms with E-state index in [2.05, 4.69) is 16.0 Å². The Balaban J connectivity index is 2.05. The molecule has 1 aliphatic heterocycles. The lowest BCUT2D eigenvalue weighted by atomic mass is 10.0. The van der Waals surface area contributed by atoms with Crippen LogP contribution in [-0.2, 0) is 25.7 Å². The summed E-state index contributed by atoms with van der Waals surface area (Å²) in [5.41, 5.74) is -0.168. The van der Waals surface area contributed by atoms with E-state index in [9.17, 15) is 24.0 Å². The molecule has 2 heterocycles. The number of hydrogen-bond donors (Lipinski definition) is 3. The van der Waals surface area contributed by atoms with E-state index in [0.717, 1.165) is 0 Å².